The Hall–Kier alpha value is -2.36. The van der Waals surface area contributed by atoms with Crippen LogP contribution in [0.4, 0.5) is 4.39 Å². The molecule has 2 aromatic carbocycles. The Bertz CT molecular complexity index is 772. The van der Waals surface area contributed by atoms with Gasteiger partial charge in [0.15, 0.2) is 6.10 Å². The van der Waals surface area contributed by atoms with Crippen LogP contribution in [0.2, 0.25) is 0 Å². The molecule has 0 radical (unpaired) electrons. The first-order chi connectivity index (χ1) is 13.1. The van der Waals surface area contributed by atoms with Gasteiger partial charge in [-0.05, 0) is 79.5 Å². The predicted octanol–water partition coefficient (Wildman–Crippen LogP) is 5.13. The summed E-state index contributed by atoms with van der Waals surface area (Å²) in [5.41, 5.74) is 4.02. The van der Waals surface area contributed by atoms with E-state index in [1.807, 2.05) is 6.92 Å². The summed E-state index contributed by atoms with van der Waals surface area (Å²) in [4.78, 5) is 12.8. The second-order valence-corrected chi connectivity index (χ2v) is 7.17. The standard InChI is InChI=1S/C23H28FNO2/c1-3-21(18-10-9-16-7-5-6-8-17(16)15-18)25-23(26)22(4-2)27-20-13-11-19(24)12-14-20/h9-15,21-22H,3-8H2,1-2H3,(H,25,26)/t21-,22-/m0/s1. The number of fused-ring (bicyclic) bond motifs is 1. The van der Waals surface area contributed by atoms with Crippen LogP contribution in [0, 0.1) is 5.82 Å². The molecule has 3 nitrogen and oxygen atoms in total. The summed E-state index contributed by atoms with van der Waals surface area (Å²) in [6, 6.07) is 12.3. The zero-order valence-electron chi connectivity index (χ0n) is 16.1. The van der Waals surface area contributed by atoms with Gasteiger partial charge in [0, 0.05) is 0 Å². The van der Waals surface area contributed by atoms with Gasteiger partial charge in [-0.15, -0.1) is 0 Å². The lowest BCUT2D eigenvalue weighted by Crippen LogP contribution is -2.40. The third-order valence-corrected chi connectivity index (χ3v) is 5.25. The van der Waals surface area contributed by atoms with Gasteiger partial charge in [-0.2, -0.15) is 0 Å². The fraction of sp³-hybridized carbons (Fsp3) is 0.435. The molecule has 27 heavy (non-hydrogen) atoms. The molecule has 0 fully saturated rings. The lowest BCUT2D eigenvalue weighted by atomic mass is 9.88. The zero-order valence-corrected chi connectivity index (χ0v) is 16.1. The summed E-state index contributed by atoms with van der Waals surface area (Å²) >= 11 is 0. The number of halogens is 1. The van der Waals surface area contributed by atoms with E-state index >= 15 is 0 Å². The lowest BCUT2D eigenvalue weighted by Gasteiger charge is -2.24. The molecule has 144 valence electrons. The van der Waals surface area contributed by atoms with E-state index < -0.39 is 6.10 Å². The molecule has 1 aliphatic carbocycles. The highest BCUT2D eigenvalue weighted by atomic mass is 19.1. The molecule has 1 aliphatic rings. The van der Waals surface area contributed by atoms with Crippen molar-refractivity contribution < 1.29 is 13.9 Å². The van der Waals surface area contributed by atoms with Gasteiger partial charge < -0.3 is 10.1 Å². The van der Waals surface area contributed by atoms with E-state index in [0.29, 0.717) is 12.2 Å². The molecule has 0 aliphatic heterocycles. The van der Waals surface area contributed by atoms with E-state index in [0.717, 1.165) is 24.8 Å². The van der Waals surface area contributed by atoms with Gasteiger partial charge in [0.2, 0.25) is 0 Å². The van der Waals surface area contributed by atoms with Crippen molar-refractivity contribution in [2.45, 2.75) is 64.5 Å². The van der Waals surface area contributed by atoms with E-state index in [9.17, 15) is 9.18 Å². The first kappa shape index (κ1) is 19.4. The van der Waals surface area contributed by atoms with Crippen molar-refractivity contribution in [3.63, 3.8) is 0 Å². The quantitative estimate of drug-likeness (QED) is 0.735. The minimum absolute atomic E-state index is 0.0319. The molecule has 0 heterocycles. The zero-order chi connectivity index (χ0) is 19.2. The fourth-order valence-electron chi connectivity index (χ4n) is 3.66. The molecule has 3 rings (SSSR count). The Balaban J connectivity index is 1.68. The van der Waals surface area contributed by atoms with Crippen LogP contribution in [0.5, 0.6) is 5.75 Å². The highest BCUT2D eigenvalue weighted by Crippen LogP contribution is 2.26. The molecule has 0 spiro atoms. The van der Waals surface area contributed by atoms with E-state index in [-0.39, 0.29) is 17.8 Å². The van der Waals surface area contributed by atoms with Gasteiger partial charge in [-0.3, -0.25) is 4.79 Å². The number of hydrogen-bond acceptors (Lipinski definition) is 2. The Morgan fingerprint density at radius 1 is 1.04 bits per heavy atom. The minimum atomic E-state index is -0.595. The average molecular weight is 369 g/mol. The average Bonchev–Trinajstić information content (AvgIpc) is 2.71. The molecule has 0 unspecified atom stereocenters. The van der Waals surface area contributed by atoms with Crippen LogP contribution in [0.15, 0.2) is 42.5 Å². The Labute approximate surface area is 160 Å². The highest BCUT2D eigenvalue weighted by molar-refractivity contribution is 5.81. The maximum Gasteiger partial charge on any atom is 0.261 e. The maximum atomic E-state index is 13.1. The van der Waals surface area contributed by atoms with Gasteiger partial charge in [0.05, 0.1) is 6.04 Å². The number of amides is 1. The number of benzene rings is 2. The van der Waals surface area contributed by atoms with Crippen LogP contribution in [0.3, 0.4) is 0 Å². The van der Waals surface area contributed by atoms with E-state index in [4.69, 9.17) is 4.74 Å². The molecule has 0 saturated carbocycles. The predicted molar refractivity (Wildman–Crippen MR) is 105 cm³/mol. The van der Waals surface area contributed by atoms with Gasteiger partial charge in [0.25, 0.3) is 5.91 Å². The molecular weight excluding hydrogens is 341 g/mol. The van der Waals surface area contributed by atoms with Gasteiger partial charge >= 0.3 is 0 Å². The van der Waals surface area contributed by atoms with Gasteiger partial charge in [-0.1, -0.05) is 32.0 Å². The van der Waals surface area contributed by atoms with Crippen molar-refractivity contribution in [3.8, 4) is 5.75 Å². The summed E-state index contributed by atoms with van der Waals surface area (Å²) in [5.74, 6) is 0.0462. The Kier molecular flexibility index (Phi) is 6.49. The third-order valence-electron chi connectivity index (χ3n) is 5.25. The van der Waals surface area contributed by atoms with Crippen LogP contribution in [-0.2, 0) is 17.6 Å². The van der Waals surface area contributed by atoms with E-state index in [1.54, 1.807) is 12.1 Å². The SMILES string of the molecule is CC[C@H](Oc1ccc(F)cc1)C(=O)N[C@@H](CC)c1ccc2c(c1)CCCC2. The van der Waals surface area contributed by atoms with Crippen LogP contribution in [0.1, 0.15) is 62.3 Å². The first-order valence-electron chi connectivity index (χ1n) is 9.95. The monoisotopic (exact) mass is 369 g/mol. The van der Waals surface area contributed by atoms with Crippen molar-refractivity contribution in [2.75, 3.05) is 0 Å². The summed E-state index contributed by atoms with van der Waals surface area (Å²) in [6.07, 6.45) is 5.55. The number of aryl methyl sites for hydroxylation is 2. The lowest BCUT2D eigenvalue weighted by molar-refractivity contribution is -0.128. The molecule has 2 atom stereocenters. The van der Waals surface area contributed by atoms with E-state index in [2.05, 4.69) is 30.4 Å². The topological polar surface area (TPSA) is 38.3 Å². The summed E-state index contributed by atoms with van der Waals surface area (Å²) in [7, 11) is 0. The van der Waals surface area contributed by atoms with Crippen molar-refractivity contribution in [1.82, 2.24) is 5.32 Å². The number of carbonyl (C=O) groups excluding carboxylic acids is 1. The van der Waals surface area contributed by atoms with Crippen LogP contribution in [0.25, 0.3) is 0 Å². The number of ether oxygens (including phenoxy) is 1. The molecule has 1 N–H and O–H groups in total. The molecular formula is C23H28FNO2. The van der Waals surface area contributed by atoms with Crippen molar-refractivity contribution in [2.24, 2.45) is 0 Å². The molecule has 4 heteroatoms. The third kappa shape index (κ3) is 4.88. The largest absolute Gasteiger partial charge is 0.481 e. The fourth-order valence-corrected chi connectivity index (χ4v) is 3.66. The van der Waals surface area contributed by atoms with Crippen LogP contribution in [-0.4, -0.2) is 12.0 Å². The maximum absolute atomic E-state index is 13.1. The minimum Gasteiger partial charge on any atom is -0.481 e. The molecule has 0 saturated heterocycles. The summed E-state index contributed by atoms with van der Waals surface area (Å²) in [6.45, 7) is 3.99. The second kappa shape index (κ2) is 9.03. The number of nitrogens with one attached hydrogen (secondary N) is 1. The number of rotatable bonds is 7. The normalized spacial score (nSPS) is 15.5. The molecule has 2 aromatic rings. The van der Waals surface area contributed by atoms with Crippen molar-refractivity contribution in [1.29, 1.82) is 0 Å². The summed E-state index contributed by atoms with van der Waals surface area (Å²) in [5, 5.41) is 3.13. The van der Waals surface area contributed by atoms with Gasteiger partial charge in [-0.25, -0.2) is 4.39 Å². The summed E-state index contributed by atoms with van der Waals surface area (Å²) < 4.78 is 18.8. The van der Waals surface area contributed by atoms with Crippen LogP contribution < -0.4 is 10.1 Å². The molecule has 1 amide bonds. The number of hydrogen-bond donors (Lipinski definition) is 1. The number of carbonyl (C=O) groups is 1. The van der Waals surface area contributed by atoms with E-state index in [1.165, 1.54) is 36.1 Å². The highest BCUT2D eigenvalue weighted by Gasteiger charge is 2.22. The Morgan fingerprint density at radius 2 is 1.74 bits per heavy atom. The molecule has 0 bridgehead atoms. The molecule has 0 aromatic heterocycles. The first-order valence-corrected chi connectivity index (χ1v) is 9.95. The Morgan fingerprint density at radius 3 is 2.41 bits per heavy atom. The smallest absolute Gasteiger partial charge is 0.261 e. The second-order valence-electron chi connectivity index (χ2n) is 7.17. The van der Waals surface area contributed by atoms with Gasteiger partial charge in [0.1, 0.15) is 11.6 Å². The van der Waals surface area contributed by atoms with Crippen LogP contribution >= 0.6 is 0 Å². The van der Waals surface area contributed by atoms with Crippen molar-refractivity contribution in [3.05, 3.63) is 65.0 Å². The van der Waals surface area contributed by atoms with Crippen molar-refractivity contribution >= 4 is 5.91 Å².